The van der Waals surface area contributed by atoms with Crippen molar-refractivity contribution in [1.82, 2.24) is 4.90 Å². The fourth-order valence-electron chi connectivity index (χ4n) is 3.13. The molecule has 0 radical (unpaired) electrons. The first-order valence-electron chi connectivity index (χ1n) is 9.67. The average molecular weight is 567 g/mol. The molecule has 33 heavy (non-hydrogen) atoms. The number of amides is 2. The summed E-state index contributed by atoms with van der Waals surface area (Å²) in [5, 5.41) is 0.548. The van der Waals surface area contributed by atoms with Crippen LogP contribution < -0.4 is 4.74 Å². The molecule has 4 rings (SSSR count). The first kappa shape index (κ1) is 23.8. The number of hydrogen-bond donors (Lipinski definition) is 0. The minimum atomic E-state index is -0.416. The number of ether oxygens (including phenoxy) is 1. The van der Waals surface area contributed by atoms with Crippen molar-refractivity contribution < 1.29 is 18.7 Å². The van der Waals surface area contributed by atoms with Crippen LogP contribution >= 0.6 is 50.9 Å². The topological polar surface area (TPSA) is 46.6 Å². The van der Waals surface area contributed by atoms with Gasteiger partial charge in [0.15, 0.2) is 5.75 Å². The Kier molecular flexibility index (Phi) is 7.44. The molecule has 0 saturated carbocycles. The number of halogens is 4. The predicted octanol–water partition coefficient (Wildman–Crippen LogP) is 7.71. The van der Waals surface area contributed by atoms with Gasteiger partial charge in [0.1, 0.15) is 12.4 Å². The van der Waals surface area contributed by atoms with E-state index >= 15 is 0 Å². The van der Waals surface area contributed by atoms with Crippen molar-refractivity contribution in [3.8, 4) is 5.75 Å². The Bertz CT molecular complexity index is 1240. The number of benzene rings is 3. The van der Waals surface area contributed by atoms with Crippen LogP contribution in [0.2, 0.25) is 10.0 Å². The summed E-state index contributed by atoms with van der Waals surface area (Å²) in [5.74, 6) is -0.353. The van der Waals surface area contributed by atoms with Gasteiger partial charge >= 0.3 is 0 Å². The zero-order valence-electron chi connectivity index (χ0n) is 16.9. The molecular formula is C24H15BrCl2FNO3S. The molecule has 0 unspecified atom stereocenters. The quantitative estimate of drug-likeness (QED) is 0.287. The molecular weight excluding hydrogens is 552 g/mol. The summed E-state index contributed by atoms with van der Waals surface area (Å²) < 4.78 is 19.6. The number of thioether (sulfide) groups is 1. The van der Waals surface area contributed by atoms with Crippen molar-refractivity contribution in [2.45, 2.75) is 13.2 Å². The first-order chi connectivity index (χ1) is 15.8. The lowest BCUT2D eigenvalue weighted by molar-refractivity contribution is -0.123. The van der Waals surface area contributed by atoms with E-state index in [2.05, 4.69) is 15.9 Å². The summed E-state index contributed by atoms with van der Waals surface area (Å²) in [5.41, 5.74) is 2.11. The molecule has 0 N–H and O–H groups in total. The molecule has 1 fully saturated rings. The van der Waals surface area contributed by atoms with E-state index in [0.29, 0.717) is 31.4 Å². The normalized spacial score (nSPS) is 14.9. The van der Waals surface area contributed by atoms with Crippen LogP contribution in [0.3, 0.4) is 0 Å². The number of hydrogen-bond acceptors (Lipinski definition) is 4. The SMILES string of the molecule is O=C1S/C(=C\c2cc(Cl)c(OCc3ccccc3Cl)c(Br)c2)C(=O)N1Cc1ccc(F)cc1. The number of carbonyl (C=O) groups excluding carboxylic acids is 2. The van der Waals surface area contributed by atoms with E-state index in [-0.39, 0.29) is 29.1 Å². The summed E-state index contributed by atoms with van der Waals surface area (Å²) in [7, 11) is 0. The smallest absolute Gasteiger partial charge is 0.293 e. The van der Waals surface area contributed by atoms with E-state index in [1.165, 1.54) is 12.1 Å². The molecule has 0 aliphatic carbocycles. The molecule has 4 nitrogen and oxygen atoms in total. The summed E-state index contributed by atoms with van der Waals surface area (Å²) in [6, 6.07) is 16.4. The predicted molar refractivity (Wildman–Crippen MR) is 133 cm³/mol. The summed E-state index contributed by atoms with van der Waals surface area (Å²) in [6.45, 7) is 0.307. The lowest BCUT2D eigenvalue weighted by atomic mass is 10.2. The monoisotopic (exact) mass is 565 g/mol. The van der Waals surface area contributed by atoms with Crippen molar-refractivity contribution in [3.63, 3.8) is 0 Å². The van der Waals surface area contributed by atoms with Crippen molar-refractivity contribution in [2.75, 3.05) is 0 Å². The van der Waals surface area contributed by atoms with Crippen LogP contribution in [0, 0.1) is 5.82 Å². The maximum absolute atomic E-state index is 13.1. The minimum absolute atomic E-state index is 0.0710. The molecule has 0 aromatic heterocycles. The van der Waals surface area contributed by atoms with Crippen molar-refractivity contribution in [2.24, 2.45) is 0 Å². The Hall–Kier alpha value is -2.32. The molecule has 1 aliphatic rings. The standard InChI is InChI=1S/C24H15BrCl2FNO3S/c25-18-9-15(10-20(27)22(18)32-13-16-3-1-2-4-19(16)26)11-21-23(30)29(24(31)33-21)12-14-5-7-17(28)8-6-14/h1-11H,12-13H2/b21-11-. The summed E-state index contributed by atoms with van der Waals surface area (Å²) in [6.07, 6.45) is 1.60. The number of nitrogens with zero attached hydrogens (tertiary/aromatic N) is 1. The third-order valence-corrected chi connectivity index (χ3v) is 6.92. The van der Waals surface area contributed by atoms with Crippen molar-refractivity contribution in [1.29, 1.82) is 0 Å². The van der Waals surface area contributed by atoms with E-state index in [1.54, 1.807) is 36.4 Å². The molecule has 0 spiro atoms. The second-order valence-electron chi connectivity index (χ2n) is 7.09. The molecule has 3 aromatic rings. The van der Waals surface area contributed by atoms with Gasteiger partial charge in [-0.2, -0.15) is 0 Å². The van der Waals surface area contributed by atoms with Crippen molar-refractivity contribution in [3.05, 3.63) is 103 Å². The van der Waals surface area contributed by atoms with Crippen LogP contribution in [0.25, 0.3) is 6.08 Å². The van der Waals surface area contributed by atoms with Gasteiger partial charge in [0.25, 0.3) is 11.1 Å². The van der Waals surface area contributed by atoms with Gasteiger partial charge in [-0.15, -0.1) is 0 Å². The zero-order valence-corrected chi connectivity index (χ0v) is 20.8. The average Bonchev–Trinajstić information content (AvgIpc) is 3.03. The van der Waals surface area contributed by atoms with Gasteiger partial charge in [-0.05, 0) is 75.2 Å². The zero-order chi connectivity index (χ0) is 23.5. The van der Waals surface area contributed by atoms with Crippen LogP contribution in [0.1, 0.15) is 16.7 Å². The Morgan fingerprint density at radius 3 is 2.45 bits per heavy atom. The van der Waals surface area contributed by atoms with Gasteiger partial charge in [-0.25, -0.2) is 4.39 Å². The minimum Gasteiger partial charge on any atom is -0.486 e. The molecule has 1 saturated heterocycles. The van der Waals surface area contributed by atoms with Gasteiger partial charge in [0.05, 0.1) is 20.9 Å². The fraction of sp³-hybridized carbons (Fsp3) is 0.0833. The Labute approximate surface area is 212 Å². The van der Waals surface area contributed by atoms with Crippen LogP contribution in [0.5, 0.6) is 5.75 Å². The van der Waals surface area contributed by atoms with Crippen LogP contribution in [-0.2, 0) is 17.9 Å². The third-order valence-electron chi connectivity index (χ3n) is 4.78. The number of imide groups is 1. The van der Waals surface area contributed by atoms with E-state index < -0.39 is 5.91 Å². The molecule has 1 heterocycles. The lowest BCUT2D eigenvalue weighted by Crippen LogP contribution is -2.27. The largest absolute Gasteiger partial charge is 0.486 e. The second kappa shape index (κ2) is 10.3. The highest BCUT2D eigenvalue weighted by Gasteiger charge is 2.35. The highest BCUT2D eigenvalue weighted by atomic mass is 79.9. The third kappa shape index (κ3) is 5.61. The second-order valence-corrected chi connectivity index (χ2v) is 9.75. The number of carbonyl (C=O) groups is 2. The van der Waals surface area contributed by atoms with Gasteiger partial charge in [-0.1, -0.05) is 53.5 Å². The Morgan fingerprint density at radius 1 is 1.03 bits per heavy atom. The van der Waals surface area contributed by atoms with Crippen molar-refractivity contribution >= 4 is 68.1 Å². The molecule has 0 bridgehead atoms. The van der Waals surface area contributed by atoms with Crippen LogP contribution in [-0.4, -0.2) is 16.0 Å². The van der Waals surface area contributed by atoms with Gasteiger partial charge in [-0.3, -0.25) is 14.5 Å². The van der Waals surface area contributed by atoms with Gasteiger partial charge in [0, 0.05) is 10.6 Å². The van der Waals surface area contributed by atoms with Crippen LogP contribution in [0.15, 0.2) is 70.0 Å². The molecule has 1 aliphatic heterocycles. The maximum atomic E-state index is 13.1. The first-order valence-corrected chi connectivity index (χ1v) is 12.0. The molecule has 0 atom stereocenters. The molecule has 2 amide bonds. The Morgan fingerprint density at radius 2 is 1.76 bits per heavy atom. The highest BCUT2D eigenvalue weighted by Crippen LogP contribution is 2.38. The molecule has 9 heteroatoms. The van der Waals surface area contributed by atoms with E-state index in [1.807, 2.05) is 18.2 Å². The van der Waals surface area contributed by atoms with Crippen LogP contribution in [0.4, 0.5) is 9.18 Å². The Balaban J connectivity index is 1.50. The fourth-order valence-corrected chi connectivity index (χ4v) is 5.14. The van der Waals surface area contributed by atoms with Gasteiger partial charge in [0.2, 0.25) is 0 Å². The molecule has 3 aromatic carbocycles. The highest BCUT2D eigenvalue weighted by molar-refractivity contribution is 9.10. The summed E-state index contributed by atoms with van der Waals surface area (Å²) in [4.78, 5) is 26.6. The van der Waals surface area contributed by atoms with E-state index in [9.17, 15) is 14.0 Å². The number of rotatable bonds is 6. The van der Waals surface area contributed by atoms with Gasteiger partial charge < -0.3 is 4.74 Å². The summed E-state index contributed by atoms with van der Waals surface area (Å²) >= 11 is 16.9. The molecule has 168 valence electrons. The maximum Gasteiger partial charge on any atom is 0.293 e. The van der Waals surface area contributed by atoms with E-state index in [4.69, 9.17) is 27.9 Å². The van der Waals surface area contributed by atoms with E-state index in [0.717, 1.165) is 22.2 Å². The lowest BCUT2D eigenvalue weighted by Gasteiger charge is -2.13.